The van der Waals surface area contributed by atoms with Gasteiger partial charge in [0.05, 0.1) is 5.92 Å². The lowest BCUT2D eigenvalue weighted by molar-refractivity contribution is -0.147. The van der Waals surface area contributed by atoms with E-state index in [1.165, 1.54) is 0 Å². The van der Waals surface area contributed by atoms with Crippen molar-refractivity contribution in [1.82, 2.24) is 15.1 Å². The summed E-state index contributed by atoms with van der Waals surface area (Å²) >= 11 is 12.2. The average Bonchev–Trinajstić information content (AvgIpc) is 3.17. The quantitative estimate of drug-likeness (QED) is 0.692. The second kappa shape index (κ2) is 9.43. The topological polar surface area (TPSA) is 52.7 Å². The van der Waals surface area contributed by atoms with Crippen molar-refractivity contribution in [2.45, 2.75) is 19.5 Å². The summed E-state index contributed by atoms with van der Waals surface area (Å²) in [5, 5.41) is 4.60. The normalized spacial score (nSPS) is 21.5. The van der Waals surface area contributed by atoms with E-state index in [0.29, 0.717) is 42.8 Å². The van der Waals surface area contributed by atoms with Crippen molar-refractivity contribution in [3.63, 3.8) is 0 Å². The van der Waals surface area contributed by atoms with Crippen LogP contribution in [-0.2, 0) is 16.1 Å². The second-order valence-electron chi connectivity index (χ2n) is 8.07. The molecule has 2 unspecified atom stereocenters. The summed E-state index contributed by atoms with van der Waals surface area (Å²) in [6, 6.07) is 15.2. The molecule has 0 radical (unpaired) electrons. The highest BCUT2D eigenvalue weighted by Gasteiger charge is 2.36. The van der Waals surface area contributed by atoms with E-state index in [1.807, 2.05) is 55.5 Å². The lowest BCUT2D eigenvalue weighted by atomic mass is 9.97. The van der Waals surface area contributed by atoms with Crippen molar-refractivity contribution in [2.75, 3.05) is 26.2 Å². The second-order valence-corrected chi connectivity index (χ2v) is 8.92. The third-order valence-electron chi connectivity index (χ3n) is 5.93. The van der Waals surface area contributed by atoms with Crippen LogP contribution in [-0.4, -0.2) is 53.7 Å². The number of halogens is 2. The highest BCUT2D eigenvalue weighted by molar-refractivity contribution is 6.37. The van der Waals surface area contributed by atoms with E-state index >= 15 is 0 Å². The van der Waals surface area contributed by atoms with Gasteiger partial charge in [-0.3, -0.25) is 14.5 Å². The SMILES string of the molecule is CC1NC(c2ccccc2)=CC1C(=O)C(=O)N1CCN(Cc2ccc(Cl)cc2Cl)CC1. The summed E-state index contributed by atoms with van der Waals surface area (Å²) < 4.78 is 0. The number of hydrogen-bond acceptors (Lipinski definition) is 4. The molecule has 5 nitrogen and oxygen atoms in total. The Labute approximate surface area is 192 Å². The Morgan fingerprint density at radius 1 is 1.03 bits per heavy atom. The number of rotatable bonds is 5. The monoisotopic (exact) mass is 457 g/mol. The zero-order valence-corrected chi connectivity index (χ0v) is 18.9. The molecule has 2 aromatic carbocycles. The standard InChI is InChI=1S/C24H25Cl2N3O2/c1-16-20(14-22(27-16)17-5-3-2-4-6-17)23(30)24(31)29-11-9-28(10-12-29)15-18-7-8-19(25)13-21(18)26/h2-8,13-14,16,20,27H,9-12,15H2,1H3. The Kier molecular flexibility index (Phi) is 6.65. The molecule has 2 atom stereocenters. The van der Waals surface area contributed by atoms with E-state index < -0.39 is 11.8 Å². The molecule has 31 heavy (non-hydrogen) atoms. The maximum Gasteiger partial charge on any atom is 0.290 e. The van der Waals surface area contributed by atoms with E-state index in [9.17, 15) is 9.59 Å². The van der Waals surface area contributed by atoms with Gasteiger partial charge < -0.3 is 10.2 Å². The number of hydrogen-bond donors (Lipinski definition) is 1. The van der Waals surface area contributed by atoms with Crippen molar-refractivity contribution in [3.8, 4) is 0 Å². The third-order valence-corrected chi connectivity index (χ3v) is 6.52. The van der Waals surface area contributed by atoms with Crippen LogP contribution >= 0.6 is 23.2 Å². The number of carbonyl (C=O) groups excluding carboxylic acids is 2. The van der Waals surface area contributed by atoms with E-state index in [1.54, 1.807) is 11.0 Å². The van der Waals surface area contributed by atoms with Gasteiger partial charge in [-0.2, -0.15) is 0 Å². The van der Waals surface area contributed by atoms with Crippen molar-refractivity contribution in [1.29, 1.82) is 0 Å². The third kappa shape index (κ3) is 4.95. The molecule has 0 aromatic heterocycles. The van der Waals surface area contributed by atoms with Crippen LogP contribution in [0.2, 0.25) is 10.0 Å². The van der Waals surface area contributed by atoms with Crippen LogP contribution in [0.3, 0.4) is 0 Å². The number of nitrogens with zero attached hydrogens (tertiary/aromatic N) is 2. The van der Waals surface area contributed by atoms with Gasteiger partial charge in [0, 0.05) is 54.5 Å². The fourth-order valence-electron chi connectivity index (χ4n) is 4.11. The fraction of sp³-hybridized carbons (Fsp3) is 0.333. The van der Waals surface area contributed by atoms with Gasteiger partial charge in [0.2, 0.25) is 5.78 Å². The van der Waals surface area contributed by atoms with Crippen LogP contribution in [0.25, 0.3) is 5.70 Å². The first-order valence-electron chi connectivity index (χ1n) is 10.5. The average molecular weight is 458 g/mol. The Bertz CT molecular complexity index is 1000. The van der Waals surface area contributed by atoms with E-state index in [-0.39, 0.29) is 11.8 Å². The minimum absolute atomic E-state index is 0.111. The van der Waals surface area contributed by atoms with Crippen LogP contribution in [0.4, 0.5) is 0 Å². The lowest BCUT2D eigenvalue weighted by Crippen LogP contribution is -2.51. The first-order valence-corrected chi connectivity index (χ1v) is 11.2. The van der Waals surface area contributed by atoms with Gasteiger partial charge in [-0.25, -0.2) is 0 Å². The van der Waals surface area contributed by atoms with Gasteiger partial charge >= 0.3 is 0 Å². The molecule has 1 saturated heterocycles. The molecule has 1 amide bonds. The Morgan fingerprint density at radius 3 is 2.42 bits per heavy atom. The summed E-state index contributed by atoms with van der Waals surface area (Å²) in [4.78, 5) is 29.8. The first-order chi connectivity index (χ1) is 14.9. The van der Waals surface area contributed by atoms with E-state index in [4.69, 9.17) is 23.2 Å². The predicted molar refractivity (Wildman–Crippen MR) is 124 cm³/mol. The van der Waals surface area contributed by atoms with Gasteiger partial charge in [-0.05, 0) is 36.3 Å². The van der Waals surface area contributed by atoms with Gasteiger partial charge in [0.1, 0.15) is 0 Å². The lowest BCUT2D eigenvalue weighted by Gasteiger charge is -2.35. The molecule has 2 heterocycles. The number of Topliss-reactive ketones (excluding diaryl/α,β-unsaturated/α-hetero) is 1. The van der Waals surface area contributed by atoms with Crippen LogP contribution < -0.4 is 5.32 Å². The van der Waals surface area contributed by atoms with Crippen molar-refractivity contribution in [2.24, 2.45) is 5.92 Å². The molecular formula is C24H25Cl2N3O2. The largest absolute Gasteiger partial charge is 0.381 e. The van der Waals surface area contributed by atoms with Crippen molar-refractivity contribution < 1.29 is 9.59 Å². The molecule has 162 valence electrons. The molecule has 2 aromatic rings. The first kappa shape index (κ1) is 21.9. The Balaban J connectivity index is 1.35. The maximum atomic E-state index is 13.0. The summed E-state index contributed by atoms with van der Waals surface area (Å²) in [5.41, 5.74) is 2.93. The molecule has 2 aliphatic heterocycles. The predicted octanol–water partition coefficient (Wildman–Crippen LogP) is 3.86. The number of piperazine rings is 1. The molecule has 1 N–H and O–H groups in total. The molecular weight excluding hydrogens is 433 g/mol. The van der Waals surface area contributed by atoms with Crippen LogP contribution in [0, 0.1) is 5.92 Å². The zero-order chi connectivity index (χ0) is 22.0. The molecule has 7 heteroatoms. The summed E-state index contributed by atoms with van der Waals surface area (Å²) in [6.45, 7) is 5.08. The molecule has 0 spiro atoms. The Morgan fingerprint density at radius 2 is 1.74 bits per heavy atom. The van der Waals surface area contributed by atoms with Gasteiger partial charge in [0.15, 0.2) is 0 Å². The number of carbonyl (C=O) groups is 2. The number of ketones is 1. The van der Waals surface area contributed by atoms with Gasteiger partial charge in [-0.1, -0.05) is 59.6 Å². The minimum atomic E-state index is -0.450. The van der Waals surface area contributed by atoms with Gasteiger partial charge in [0.25, 0.3) is 5.91 Å². The molecule has 0 bridgehead atoms. The van der Waals surface area contributed by atoms with Crippen molar-refractivity contribution >= 4 is 40.6 Å². The van der Waals surface area contributed by atoms with Crippen molar-refractivity contribution in [3.05, 3.63) is 75.8 Å². The molecule has 4 rings (SSSR count). The molecule has 1 fully saturated rings. The highest BCUT2D eigenvalue weighted by atomic mass is 35.5. The minimum Gasteiger partial charge on any atom is -0.381 e. The van der Waals surface area contributed by atoms with Crippen LogP contribution in [0.5, 0.6) is 0 Å². The zero-order valence-electron chi connectivity index (χ0n) is 17.4. The summed E-state index contributed by atoms with van der Waals surface area (Å²) in [6.07, 6.45) is 1.89. The number of benzene rings is 2. The summed E-state index contributed by atoms with van der Waals surface area (Å²) in [7, 11) is 0. The highest BCUT2D eigenvalue weighted by Crippen LogP contribution is 2.26. The molecule has 0 aliphatic carbocycles. The fourth-order valence-corrected chi connectivity index (χ4v) is 4.57. The number of amides is 1. The number of nitrogens with one attached hydrogen (secondary N) is 1. The van der Waals surface area contributed by atoms with Crippen LogP contribution in [0.1, 0.15) is 18.1 Å². The molecule has 2 aliphatic rings. The van der Waals surface area contributed by atoms with Crippen LogP contribution in [0.15, 0.2) is 54.6 Å². The molecule has 0 saturated carbocycles. The van der Waals surface area contributed by atoms with E-state index in [0.717, 1.165) is 16.8 Å². The smallest absolute Gasteiger partial charge is 0.290 e. The maximum absolute atomic E-state index is 13.0. The Hall–Kier alpha value is -2.34. The van der Waals surface area contributed by atoms with Gasteiger partial charge in [-0.15, -0.1) is 0 Å². The van der Waals surface area contributed by atoms with E-state index in [2.05, 4.69) is 10.2 Å². The summed E-state index contributed by atoms with van der Waals surface area (Å²) in [5.74, 6) is -1.19.